The highest BCUT2D eigenvalue weighted by Crippen LogP contribution is 2.24. The first-order valence-electron chi connectivity index (χ1n) is 24.8. The second kappa shape index (κ2) is 30.7. The molecule has 0 bridgehead atoms. The van der Waals surface area contributed by atoms with Crippen LogP contribution in [0.5, 0.6) is 0 Å². The molecule has 21 nitrogen and oxygen atoms in total. The third-order valence-electron chi connectivity index (χ3n) is 12.3. The van der Waals surface area contributed by atoms with Crippen LogP contribution in [-0.2, 0) is 64.0 Å². The van der Waals surface area contributed by atoms with E-state index in [4.69, 9.17) is 34.5 Å². The van der Waals surface area contributed by atoms with Crippen molar-refractivity contribution >= 4 is 86.4 Å². The maximum absolute atomic E-state index is 14.7. The highest BCUT2D eigenvalue weighted by molar-refractivity contribution is 8.76. The molecule has 0 radical (unpaired) electrons. The Balaban J connectivity index is 1.56. The Morgan fingerprint density at radius 1 is 0.649 bits per heavy atom. The lowest BCUT2D eigenvalue weighted by atomic mass is 10.00. The summed E-state index contributed by atoms with van der Waals surface area (Å²) in [6, 6.07) is 18.8. The van der Waals surface area contributed by atoms with Gasteiger partial charge in [-0.1, -0.05) is 118 Å². The molecule has 1 fully saturated rings. The van der Waals surface area contributed by atoms with Crippen molar-refractivity contribution in [3.8, 4) is 0 Å². The molecule has 1 saturated heterocycles. The Morgan fingerprint density at radius 3 is 1.74 bits per heavy atom. The highest BCUT2D eigenvalue weighted by atomic mass is 35.5. The maximum Gasteiger partial charge on any atom is 0.248 e. The molecule has 1 aliphatic rings. The Labute approximate surface area is 459 Å². The van der Waals surface area contributed by atoms with Crippen molar-refractivity contribution < 1.29 is 48.3 Å². The van der Waals surface area contributed by atoms with Crippen LogP contribution in [0.25, 0.3) is 0 Å². The van der Waals surface area contributed by atoms with Crippen LogP contribution < -0.4 is 60.2 Å². The number of nitrogens with one attached hydrogen (secondary N) is 7. The van der Waals surface area contributed by atoms with Gasteiger partial charge in [0.25, 0.3) is 0 Å². The molecule has 9 atom stereocenters. The topological polar surface area (TPSA) is 362 Å². The third-order valence-corrected chi connectivity index (χ3v) is 15.0. The van der Waals surface area contributed by atoms with Gasteiger partial charge in [-0.3, -0.25) is 43.2 Å². The van der Waals surface area contributed by atoms with Crippen molar-refractivity contribution in [2.24, 2.45) is 22.9 Å². The molecule has 16 N–H and O–H groups in total. The summed E-state index contributed by atoms with van der Waals surface area (Å²) in [6.45, 7) is 1.47. The van der Waals surface area contributed by atoms with Gasteiger partial charge in [0.1, 0.15) is 42.3 Å². The highest BCUT2D eigenvalue weighted by Gasteiger charge is 2.36. The third kappa shape index (κ3) is 19.8. The molecular weight excluding hydrogens is 1050 g/mol. The molecule has 4 aromatic carbocycles. The van der Waals surface area contributed by atoms with E-state index < -0.39 is 108 Å². The van der Waals surface area contributed by atoms with Gasteiger partial charge >= 0.3 is 0 Å². The second-order valence-corrected chi connectivity index (χ2v) is 21.4. The first kappa shape index (κ1) is 60.8. The van der Waals surface area contributed by atoms with E-state index in [0.717, 1.165) is 21.6 Å². The molecule has 0 spiro atoms. The van der Waals surface area contributed by atoms with Gasteiger partial charge < -0.3 is 65.3 Å². The SMILES string of the molecule is CC(O)C1NC(=O)[C@H](CCCCN)NC(=O)[C@@H](Cc2ccc(C(N)=O)cc2)NC(=O)[C@H](Cc2ccccc2)NC(=O)[C@H](NC(=O)[C@@H](N)Cc2ccc(Cl)cc2)CSSC[C@@H](C(=O)N[C@H](Cc2ccccc2)C(N)=O)NC1=O. The van der Waals surface area contributed by atoms with E-state index in [1.54, 1.807) is 84.9 Å². The zero-order valence-electron chi connectivity index (χ0n) is 42.3. The van der Waals surface area contributed by atoms with E-state index in [1.165, 1.54) is 31.2 Å². The fourth-order valence-corrected chi connectivity index (χ4v) is 10.5. The summed E-state index contributed by atoms with van der Waals surface area (Å²) in [5.41, 5.74) is 26.0. The minimum atomic E-state index is -1.72. The van der Waals surface area contributed by atoms with Crippen LogP contribution in [0.3, 0.4) is 0 Å². The number of hydrogen-bond acceptors (Lipinski definition) is 14. The fraction of sp³-hybridized carbons (Fsp3) is 0.377. The van der Waals surface area contributed by atoms with Crippen molar-refractivity contribution in [2.75, 3.05) is 18.1 Å². The maximum atomic E-state index is 14.7. The van der Waals surface area contributed by atoms with Crippen LogP contribution in [0, 0.1) is 0 Å². The molecule has 4 aromatic rings. The van der Waals surface area contributed by atoms with Crippen molar-refractivity contribution in [3.05, 3.63) is 142 Å². The first-order chi connectivity index (χ1) is 36.8. The Morgan fingerprint density at radius 2 is 1.17 bits per heavy atom. The normalized spacial score (nSPS) is 21.3. The second-order valence-electron chi connectivity index (χ2n) is 18.4. The van der Waals surface area contributed by atoms with Gasteiger partial charge in [0.15, 0.2) is 0 Å². The van der Waals surface area contributed by atoms with Gasteiger partial charge in [0.05, 0.1) is 12.1 Å². The number of hydrogen-bond donors (Lipinski definition) is 12. The van der Waals surface area contributed by atoms with E-state index >= 15 is 0 Å². The smallest absolute Gasteiger partial charge is 0.248 e. The van der Waals surface area contributed by atoms with E-state index in [2.05, 4.69) is 37.2 Å². The summed E-state index contributed by atoms with van der Waals surface area (Å²) in [7, 11) is 2.00. The summed E-state index contributed by atoms with van der Waals surface area (Å²) in [5.74, 6) is -8.08. The summed E-state index contributed by atoms with van der Waals surface area (Å²) in [6.07, 6.45) is -1.12. The molecular formula is C53H66ClN11O10S2. The van der Waals surface area contributed by atoms with E-state index in [9.17, 15) is 48.3 Å². The zero-order chi connectivity index (χ0) is 56.0. The molecule has 5 rings (SSSR count). The lowest BCUT2D eigenvalue weighted by Gasteiger charge is -2.29. The van der Waals surface area contributed by atoms with E-state index in [1.807, 2.05) is 0 Å². The molecule has 412 valence electrons. The average molecular weight is 1120 g/mol. The first-order valence-corrected chi connectivity index (χ1v) is 27.7. The summed E-state index contributed by atoms with van der Waals surface area (Å²) in [4.78, 5) is 125. The number of benzene rings is 4. The van der Waals surface area contributed by atoms with Gasteiger partial charge in [0, 0.05) is 41.4 Å². The van der Waals surface area contributed by atoms with Gasteiger partial charge in [0.2, 0.25) is 53.2 Å². The number of amides is 9. The zero-order valence-corrected chi connectivity index (χ0v) is 44.7. The number of aliphatic hydroxyl groups excluding tert-OH is 1. The number of carbonyl (C=O) groups is 9. The largest absolute Gasteiger partial charge is 0.391 e. The fourth-order valence-electron chi connectivity index (χ4n) is 8.00. The Kier molecular flexibility index (Phi) is 24.2. The monoisotopic (exact) mass is 1120 g/mol. The van der Waals surface area contributed by atoms with Gasteiger partial charge in [-0.05, 0) is 85.7 Å². The van der Waals surface area contributed by atoms with Crippen LogP contribution in [0.1, 0.15) is 58.8 Å². The van der Waals surface area contributed by atoms with Crippen molar-refractivity contribution in [3.63, 3.8) is 0 Å². The van der Waals surface area contributed by atoms with Crippen molar-refractivity contribution in [2.45, 2.75) is 106 Å². The van der Waals surface area contributed by atoms with E-state index in [0.29, 0.717) is 40.1 Å². The van der Waals surface area contributed by atoms with Crippen molar-refractivity contribution in [1.29, 1.82) is 0 Å². The predicted octanol–water partition coefficient (Wildman–Crippen LogP) is -0.179. The summed E-state index contributed by atoms with van der Waals surface area (Å²) >= 11 is 6.07. The summed E-state index contributed by atoms with van der Waals surface area (Å²) in [5, 5.41) is 30.1. The number of aliphatic hydroxyl groups is 1. The number of primary amides is 2. The molecule has 0 aliphatic carbocycles. The molecule has 2 unspecified atom stereocenters. The van der Waals surface area contributed by atoms with E-state index in [-0.39, 0.29) is 55.7 Å². The molecule has 77 heavy (non-hydrogen) atoms. The quantitative estimate of drug-likeness (QED) is 0.0428. The lowest BCUT2D eigenvalue weighted by Crippen LogP contribution is -2.62. The van der Waals surface area contributed by atoms with Crippen molar-refractivity contribution in [1.82, 2.24) is 37.2 Å². The molecule has 0 saturated carbocycles. The molecule has 1 heterocycles. The minimum Gasteiger partial charge on any atom is -0.391 e. The minimum absolute atomic E-state index is 0.00351. The van der Waals surface area contributed by atoms with Crippen LogP contribution in [-0.4, -0.2) is 131 Å². The Hall–Kier alpha value is -7.02. The van der Waals surface area contributed by atoms with Crippen LogP contribution in [0.4, 0.5) is 0 Å². The molecule has 0 aromatic heterocycles. The predicted molar refractivity (Wildman–Crippen MR) is 294 cm³/mol. The summed E-state index contributed by atoms with van der Waals surface area (Å²) < 4.78 is 0. The van der Waals surface area contributed by atoms with Crippen LogP contribution in [0.15, 0.2) is 109 Å². The van der Waals surface area contributed by atoms with Gasteiger partial charge in [-0.2, -0.15) is 0 Å². The van der Waals surface area contributed by atoms with Gasteiger partial charge in [-0.25, -0.2) is 0 Å². The number of rotatable bonds is 19. The van der Waals surface area contributed by atoms with Gasteiger partial charge in [-0.15, -0.1) is 0 Å². The number of unbranched alkanes of at least 4 members (excludes halogenated alkanes) is 1. The average Bonchev–Trinajstić information content (AvgIpc) is 3.40. The van der Waals surface area contributed by atoms with Crippen LogP contribution in [0.2, 0.25) is 5.02 Å². The molecule has 1 aliphatic heterocycles. The molecule has 9 amide bonds. The lowest BCUT2D eigenvalue weighted by molar-refractivity contribution is -0.136. The molecule has 24 heteroatoms. The number of halogens is 1. The Bertz CT molecular complexity index is 2660. The number of nitrogens with two attached hydrogens (primary N) is 4. The standard InChI is InChI=1S/C53H66ClN11O10S2/c1-30(66)44-53(75)64-43(51(73)60-39(46(58)68)25-31-10-4-2-5-11-31)29-77-76-28-42(63-47(69)37(56)24-33-17-21-36(54)22-18-33)52(74)62-40(26-32-12-6-3-7-13-32)50(72)61-41(27-34-15-19-35(20-16-34)45(57)67)49(71)59-38(48(70)65-44)14-8-9-23-55/h2-7,10-13,15-22,30,37-44,66H,8-9,14,23-29,55-56H2,1H3,(H2,57,67)(H2,58,68)(H,59,71)(H,60,73)(H,61,72)(H,62,74)(H,63,69)(H,64,75)(H,65,70)/t30?,37-,38-,39+,40-,41+,42+,43-,44?/m0/s1. The number of carbonyl (C=O) groups excluding carboxylic acids is 9. The van der Waals surface area contributed by atoms with Crippen LogP contribution >= 0.6 is 33.2 Å².